The Morgan fingerprint density at radius 3 is 2.38 bits per heavy atom. The van der Waals surface area contributed by atoms with E-state index in [9.17, 15) is 27.2 Å². The zero-order valence-electron chi connectivity index (χ0n) is 18.3. The van der Waals surface area contributed by atoms with Crippen molar-refractivity contribution in [3.63, 3.8) is 0 Å². The number of fused-ring (bicyclic) bond motifs is 1. The zero-order valence-corrected chi connectivity index (χ0v) is 18.3. The number of halogens is 4. The topological polar surface area (TPSA) is 74.3 Å². The maximum atomic E-state index is 14.1. The van der Waals surface area contributed by atoms with E-state index in [4.69, 9.17) is 18.9 Å². The average Bonchev–Trinajstić information content (AvgIpc) is 2.82. The van der Waals surface area contributed by atoms with Crippen LogP contribution in [-0.4, -0.2) is 57.1 Å². The van der Waals surface area contributed by atoms with E-state index in [1.807, 2.05) is 0 Å². The van der Waals surface area contributed by atoms with Crippen LogP contribution in [-0.2, 0) is 10.9 Å². The van der Waals surface area contributed by atoms with Gasteiger partial charge in [-0.25, -0.2) is 4.39 Å². The number of amides is 1. The quantitative estimate of drug-likeness (QED) is 0.612. The summed E-state index contributed by atoms with van der Waals surface area (Å²) in [6, 6.07) is 4.11. The Labute approximate surface area is 192 Å². The third kappa shape index (κ3) is 4.27. The van der Waals surface area contributed by atoms with Crippen molar-refractivity contribution in [3.05, 3.63) is 52.3 Å². The summed E-state index contributed by atoms with van der Waals surface area (Å²) in [4.78, 5) is 27.6. The number of hydrogen-bond acceptors (Lipinski definition) is 6. The van der Waals surface area contributed by atoms with Crippen molar-refractivity contribution in [2.24, 2.45) is 0 Å². The van der Waals surface area contributed by atoms with Gasteiger partial charge in [0.25, 0.3) is 5.91 Å². The van der Waals surface area contributed by atoms with Crippen LogP contribution < -0.4 is 14.2 Å². The van der Waals surface area contributed by atoms with Crippen molar-refractivity contribution < 1.29 is 46.1 Å². The number of carbonyl (C=O) groups excluding carboxylic acids is 2. The van der Waals surface area contributed by atoms with E-state index < -0.39 is 41.1 Å². The van der Waals surface area contributed by atoms with Crippen molar-refractivity contribution in [1.82, 2.24) is 4.90 Å². The number of methoxy groups -OCH3 is 2. The lowest BCUT2D eigenvalue weighted by atomic mass is 9.91. The second kappa shape index (κ2) is 9.13. The highest BCUT2D eigenvalue weighted by Gasteiger charge is 2.42. The second-order valence-electron chi connectivity index (χ2n) is 7.73. The van der Waals surface area contributed by atoms with Crippen LogP contribution in [0, 0.1) is 5.82 Å². The molecular weight excluding hydrogens is 462 g/mol. The Morgan fingerprint density at radius 1 is 1.09 bits per heavy atom. The lowest BCUT2D eigenvalue weighted by Crippen LogP contribution is -2.41. The van der Waals surface area contributed by atoms with Gasteiger partial charge in [0.05, 0.1) is 33.9 Å². The molecular formula is C23H21F4NO6. The van der Waals surface area contributed by atoms with Crippen molar-refractivity contribution >= 4 is 11.7 Å². The molecule has 0 N–H and O–H groups in total. The lowest BCUT2D eigenvalue weighted by molar-refractivity contribution is -0.139. The van der Waals surface area contributed by atoms with Gasteiger partial charge >= 0.3 is 6.18 Å². The second-order valence-corrected chi connectivity index (χ2v) is 7.73. The first-order valence-electron chi connectivity index (χ1n) is 10.4. The van der Waals surface area contributed by atoms with Crippen LogP contribution in [0.1, 0.15) is 44.4 Å². The van der Waals surface area contributed by atoms with Crippen LogP contribution in [0.25, 0.3) is 0 Å². The summed E-state index contributed by atoms with van der Waals surface area (Å²) in [5.41, 5.74) is -1.20. The van der Waals surface area contributed by atoms with Crippen molar-refractivity contribution in [2.45, 2.75) is 18.7 Å². The molecule has 0 aliphatic carbocycles. The van der Waals surface area contributed by atoms with Gasteiger partial charge in [-0.1, -0.05) is 6.07 Å². The van der Waals surface area contributed by atoms with Gasteiger partial charge in [0.2, 0.25) is 0 Å². The molecule has 1 fully saturated rings. The van der Waals surface area contributed by atoms with E-state index in [0.29, 0.717) is 32.4 Å². The fraction of sp³-hybridized carbons (Fsp3) is 0.391. The van der Waals surface area contributed by atoms with E-state index in [2.05, 4.69) is 0 Å². The normalized spacial score (nSPS) is 18.2. The van der Waals surface area contributed by atoms with Gasteiger partial charge in [-0.15, -0.1) is 0 Å². The molecule has 0 bridgehead atoms. The highest BCUT2D eigenvalue weighted by atomic mass is 19.4. The number of hydrogen-bond donors (Lipinski definition) is 0. The Hall–Kier alpha value is -3.34. The maximum Gasteiger partial charge on any atom is 0.420 e. The largest absolute Gasteiger partial charge is 0.492 e. The molecule has 1 atom stereocenters. The summed E-state index contributed by atoms with van der Waals surface area (Å²) >= 11 is 0. The van der Waals surface area contributed by atoms with Crippen molar-refractivity contribution in [1.29, 1.82) is 0 Å². The summed E-state index contributed by atoms with van der Waals surface area (Å²) in [6.07, 6.45) is -6.23. The number of ketones is 1. The molecule has 2 aliphatic heterocycles. The fourth-order valence-corrected chi connectivity index (χ4v) is 4.15. The summed E-state index contributed by atoms with van der Waals surface area (Å²) in [7, 11) is 2.16. The highest BCUT2D eigenvalue weighted by molar-refractivity contribution is 6.04. The molecule has 2 aromatic rings. The predicted molar refractivity (Wildman–Crippen MR) is 110 cm³/mol. The van der Waals surface area contributed by atoms with Gasteiger partial charge in [0, 0.05) is 24.2 Å². The first kappa shape index (κ1) is 23.8. The number of morpholine rings is 1. The maximum absolute atomic E-state index is 14.1. The number of carbonyl (C=O) groups is 2. The lowest BCUT2D eigenvalue weighted by Gasteiger charge is -2.31. The number of nitrogens with zero attached hydrogens (tertiary/aromatic N) is 1. The van der Waals surface area contributed by atoms with Gasteiger partial charge in [-0.3, -0.25) is 9.59 Å². The van der Waals surface area contributed by atoms with Crippen LogP contribution in [0.5, 0.6) is 17.2 Å². The van der Waals surface area contributed by atoms with Crippen LogP contribution in [0.2, 0.25) is 0 Å². The van der Waals surface area contributed by atoms with Crippen molar-refractivity contribution in [3.8, 4) is 17.2 Å². The Morgan fingerprint density at radius 2 is 1.76 bits per heavy atom. The summed E-state index contributed by atoms with van der Waals surface area (Å²) < 4.78 is 76.1. The van der Waals surface area contributed by atoms with Gasteiger partial charge < -0.3 is 23.8 Å². The van der Waals surface area contributed by atoms with Crippen molar-refractivity contribution in [2.75, 3.05) is 40.5 Å². The van der Waals surface area contributed by atoms with Gasteiger partial charge in [0.15, 0.2) is 17.3 Å². The molecule has 0 spiro atoms. The minimum atomic E-state index is -4.82. The molecule has 2 heterocycles. The average molecular weight is 483 g/mol. The zero-order chi connectivity index (χ0) is 24.6. The molecule has 34 heavy (non-hydrogen) atoms. The number of alkyl halides is 3. The molecule has 0 aromatic heterocycles. The van der Waals surface area contributed by atoms with Gasteiger partial charge in [-0.2, -0.15) is 13.2 Å². The number of benzene rings is 2. The van der Waals surface area contributed by atoms with E-state index in [-0.39, 0.29) is 34.6 Å². The molecule has 11 heteroatoms. The monoisotopic (exact) mass is 483 g/mol. The molecule has 1 saturated heterocycles. The minimum Gasteiger partial charge on any atom is -0.492 e. The molecule has 1 unspecified atom stereocenters. The SMILES string of the molecule is COc1c(C(F)(F)F)cc2c(c1OC)C(=O)CC(c1ccc(F)cc1C(=O)N1CCOCC1)O2. The molecule has 0 radical (unpaired) electrons. The van der Waals surface area contributed by atoms with Crippen LogP contribution in [0.4, 0.5) is 17.6 Å². The molecule has 0 saturated carbocycles. The molecule has 7 nitrogen and oxygen atoms in total. The molecule has 182 valence electrons. The molecule has 2 aromatic carbocycles. The van der Waals surface area contributed by atoms with E-state index in [1.165, 1.54) is 11.0 Å². The van der Waals surface area contributed by atoms with Crippen LogP contribution in [0.3, 0.4) is 0 Å². The summed E-state index contributed by atoms with van der Waals surface area (Å²) in [5, 5.41) is 0. The number of rotatable bonds is 4. The van der Waals surface area contributed by atoms with Crippen LogP contribution in [0.15, 0.2) is 24.3 Å². The van der Waals surface area contributed by atoms with E-state index >= 15 is 0 Å². The van der Waals surface area contributed by atoms with Crippen LogP contribution >= 0.6 is 0 Å². The molecule has 1 amide bonds. The Kier molecular flexibility index (Phi) is 6.39. The first-order valence-corrected chi connectivity index (χ1v) is 10.4. The van der Waals surface area contributed by atoms with Gasteiger partial charge in [-0.05, 0) is 18.2 Å². The third-order valence-electron chi connectivity index (χ3n) is 5.72. The third-order valence-corrected chi connectivity index (χ3v) is 5.72. The van der Waals surface area contributed by atoms with E-state index in [1.54, 1.807) is 0 Å². The highest BCUT2D eigenvalue weighted by Crippen LogP contribution is 2.50. The smallest absolute Gasteiger partial charge is 0.420 e. The number of ether oxygens (including phenoxy) is 4. The molecule has 2 aliphatic rings. The van der Waals surface area contributed by atoms with E-state index in [0.717, 1.165) is 26.4 Å². The first-order chi connectivity index (χ1) is 16.2. The fourth-order valence-electron chi connectivity index (χ4n) is 4.15. The Bertz CT molecular complexity index is 1130. The standard InChI is InChI=1S/C23H21F4NO6/c1-31-20-15(23(25,26)27)10-18-19(21(20)32-2)16(29)11-17(34-18)13-4-3-12(24)9-14(13)22(30)28-5-7-33-8-6-28/h3-4,9-10,17H,5-8,11H2,1-2H3. The van der Waals surface area contributed by atoms with Gasteiger partial charge in [0.1, 0.15) is 28.8 Å². The molecule has 4 rings (SSSR count). The summed E-state index contributed by atoms with van der Waals surface area (Å²) in [6.45, 7) is 1.25. The predicted octanol–water partition coefficient (Wildman–Crippen LogP) is 4.04. The summed E-state index contributed by atoms with van der Waals surface area (Å²) in [5.74, 6) is -3.10. The Balaban J connectivity index is 1.79. The minimum absolute atomic E-state index is 0.0281. The number of Topliss-reactive ketones (excluding diaryl/α,β-unsaturated/α-hetero) is 1.